The molecule has 0 spiro atoms. The Morgan fingerprint density at radius 2 is 2.05 bits per heavy atom. The van der Waals surface area contributed by atoms with Crippen LogP contribution in [0.3, 0.4) is 0 Å². The Morgan fingerprint density at radius 3 is 2.47 bits per heavy atom. The number of benzene rings is 1. The van der Waals surface area contributed by atoms with E-state index in [1.807, 2.05) is 13.8 Å². The Kier molecular flexibility index (Phi) is 5.31. The fourth-order valence-electron chi connectivity index (χ4n) is 1.82. The molecule has 19 heavy (non-hydrogen) atoms. The van der Waals surface area contributed by atoms with Crippen LogP contribution in [0.25, 0.3) is 0 Å². The molecule has 0 unspecified atom stereocenters. The number of nitrogens with one attached hydrogen (secondary N) is 1. The molecule has 4 nitrogen and oxygen atoms in total. The zero-order valence-electron chi connectivity index (χ0n) is 10.9. The van der Waals surface area contributed by atoms with Crippen LogP contribution in [0.4, 0.5) is 0 Å². The molecule has 1 amide bonds. The number of hydrogen-bond donors (Lipinski definition) is 3. The molecule has 1 aromatic rings. The molecule has 0 heterocycles. The van der Waals surface area contributed by atoms with Crippen LogP contribution in [-0.2, 0) is 0 Å². The number of phenolic OH excluding ortho intramolecular Hbond substituents is 1. The van der Waals surface area contributed by atoms with Crippen LogP contribution in [0.2, 0.25) is 0 Å². The highest BCUT2D eigenvalue weighted by molar-refractivity contribution is 9.10. The molecule has 0 aliphatic heterocycles. The van der Waals surface area contributed by atoms with E-state index in [4.69, 9.17) is 18.0 Å². The van der Waals surface area contributed by atoms with Crippen molar-refractivity contribution in [2.24, 2.45) is 5.73 Å². The second-order valence-electron chi connectivity index (χ2n) is 4.27. The van der Waals surface area contributed by atoms with Gasteiger partial charge in [0.25, 0.3) is 5.91 Å². The molecule has 0 saturated heterocycles. The van der Waals surface area contributed by atoms with Gasteiger partial charge in [0.05, 0.1) is 16.1 Å². The van der Waals surface area contributed by atoms with Gasteiger partial charge in [-0.25, -0.2) is 0 Å². The van der Waals surface area contributed by atoms with Gasteiger partial charge >= 0.3 is 0 Å². The van der Waals surface area contributed by atoms with E-state index in [-0.39, 0.29) is 22.2 Å². The molecule has 0 atom stereocenters. The summed E-state index contributed by atoms with van der Waals surface area (Å²) < 4.78 is 0.702. The minimum atomic E-state index is -0.716. The van der Waals surface area contributed by atoms with Gasteiger partial charge in [0.1, 0.15) is 5.75 Å². The first-order valence-corrected chi connectivity index (χ1v) is 7.17. The number of hydrogen-bond acceptors (Lipinski definition) is 3. The SMILES string of the molecule is CCC(CC)(NC(=O)c1ccc(Br)cc1O)C(N)=S. The van der Waals surface area contributed by atoms with Crippen molar-refractivity contribution in [3.05, 3.63) is 28.2 Å². The van der Waals surface area contributed by atoms with Gasteiger partial charge in [-0.2, -0.15) is 0 Å². The molecule has 0 fully saturated rings. The quantitative estimate of drug-likeness (QED) is 0.718. The van der Waals surface area contributed by atoms with E-state index in [1.165, 1.54) is 6.07 Å². The van der Waals surface area contributed by atoms with Crippen molar-refractivity contribution in [1.29, 1.82) is 0 Å². The summed E-state index contributed by atoms with van der Waals surface area (Å²) in [4.78, 5) is 12.5. The van der Waals surface area contributed by atoms with Gasteiger partial charge in [-0.05, 0) is 31.0 Å². The molecular formula is C13H17BrN2O2S. The molecule has 0 aromatic heterocycles. The van der Waals surface area contributed by atoms with Gasteiger partial charge in [-0.15, -0.1) is 0 Å². The largest absolute Gasteiger partial charge is 0.507 e. The van der Waals surface area contributed by atoms with Crippen molar-refractivity contribution < 1.29 is 9.90 Å². The molecule has 0 saturated carbocycles. The highest BCUT2D eigenvalue weighted by Gasteiger charge is 2.32. The molecule has 1 aromatic carbocycles. The van der Waals surface area contributed by atoms with Crippen LogP contribution in [0.5, 0.6) is 5.75 Å². The van der Waals surface area contributed by atoms with Crippen molar-refractivity contribution in [2.75, 3.05) is 0 Å². The van der Waals surface area contributed by atoms with E-state index in [0.29, 0.717) is 17.3 Å². The normalized spacial score (nSPS) is 11.1. The van der Waals surface area contributed by atoms with Gasteiger partial charge < -0.3 is 16.2 Å². The van der Waals surface area contributed by atoms with Gasteiger partial charge in [-0.1, -0.05) is 42.0 Å². The third kappa shape index (κ3) is 3.45. The Bertz CT molecular complexity index is 501. The average molecular weight is 345 g/mol. The lowest BCUT2D eigenvalue weighted by atomic mass is 9.92. The monoisotopic (exact) mass is 344 g/mol. The summed E-state index contributed by atoms with van der Waals surface area (Å²) in [6.45, 7) is 3.81. The van der Waals surface area contributed by atoms with Gasteiger partial charge in [0.2, 0.25) is 0 Å². The number of thiocarbonyl (C=S) groups is 1. The van der Waals surface area contributed by atoms with E-state index in [0.717, 1.165) is 0 Å². The number of rotatable bonds is 5. The van der Waals surface area contributed by atoms with Crippen molar-refractivity contribution >= 4 is 39.0 Å². The maximum atomic E-state index is 12.2. The molecule has 0 aliphatic carbocycles. The summed E-state index contributed by atoms with van der Waals surface area (Å²) in [6.07, 6.45) is 1.20. The summed E-state index contributed by atoms with van der Waals surface area (Å²) in [5.41, 5.74) is 5.21. The summed E-state index contributed by atoms with van der Waals surface area (Å²) in [7, 11) is 0. The highest BCUT2D eigenvalue weighted by Crippen LogP contribution is 2.24. The Hall–Kier alpha value is -1.14. The average Bonchev–Trinajstić information content (AvgIpc) is 2.35. The summed E-state index contributed by atoms with van der Waals surface area (Å²) in [6, 6.07) is 4.70. The van der Waals surface area contributed by atoms with Crippen molar-refractivity contribution in [3.8, 4) is 5.75 Å². The van der Waals surface area contributed by atoms with Crippen LogP contribution in [0, 0.1) is 0 Å². The number of carbonyl (C=O) groups is 1. The summed E-state index contributed by atoms with van der Waals surface area (Å²) in [5.74, 6) is -0.475. The van der Waals surface area contributed by atoms with Crippen molar-refractivity contribution in [1.82, 2.24) is 5.32 Å². The molecule has 0 aliphatic rings. The van der Waals surface area contributed by atoms with E-state index in [2.05, 4.69) is 21.2 Å². The third-order valence-corrected chi connectivity index (χ3v) is 4.12. The molecule has 6 heteroatoms. The Balaban J connectivity index is 3.04. The van der Waals surface area contributed by atoms with Crippen LogP contribution in [0.1, 0.15) is 37.0 Å². The van der Waals surface area contributed by atoms with E-state index < -0.39 is 5.54 Å². The predicted octanol–water partition coefficient (Wildman–Crippen LogP) is 2.73. The first kappa shape index (κ1) is 15.9. The minimum Gasteiger partial charge on any atom is -0.507 e. The van der Waals surface area contributed by atoms with Crippen molar-refractivity contribution in [2.45, 2.75) is 32.2 Å². The lowest BCUT2D eigenvalue weighted by molar-refractivity contribution is 0.0917. The summed E-state index contributed by atoms with van der Waals surface area (Å²) in [5, 5.41) is 12.6. The fourth-order valence-corrected chi connectivity index (χ4v) is 2.51. The number of amides is 1. The first-order chi connectivity index (χ1) is 8.86. The van der Waals surface area contributed by atoms with Gasteiger partial charge in [0.15, 0.2) is 0 Å². The summed E-state index contributed by atoms with van der Waals surface area (Å²) >= 11 is 8.27. The molecule has 1 rings (SSSR count). The topological polar surface area (TPSA) is 75.3 Å². The van der Waals surface area contributed by atoms with Crippen LogP contribution in [-0.4, -0.2) is 21.5 Å². The van der Waals surface area contributed by atoms with E-state index in [9.17, 15) is 9.90 Å². The molecule has 104 valence electrons. The number of aromatic hydroxyl groups is 1. The Labute approximate surface area is 126 Å². The minimum absolute atomic E-state index is 0.0871. The molecule has 0 bridgehead atoms. The Morgan fingerprint density at radius 1 is 1.47 bits per heavy atom. The van der Waals surface area contributed by atoms with E-state index >= 15 is 0 Å². The maximum Gasteiger partial charge on any atom is 0.255 e. The highest BCUT2D eigenvalue weighted by atomic mass is 79.9. The standard InChI is InChI=1S/C13H17BrN2O2S/c1-3-13(4-2,12(15)19)16-11(18)9-6-5-8(14)7-10(9)17/h5-7,17H,3-4H2,1-2H3,(H2,15,19)(H,16,18). The maximum absolute atomic E-state index is 12.2. The molecule has 0 radical (unpaired) electrons. The smallest absolute Gasteiger partial charge is 0.255 e. The second-order valence-corrected chi connectivity index (χ2v) is 5.62. The van der Waals surface area contributed by atoms with Crippen LogP contribution < -0.4 is 11.1 Å². The van der Waals surface area contributed by atoms with Crippen molar-refractivity contribution in [3.63, 3.8) is 0 Å². The van der Waals surface area contributed by atoms with Gasteiger partial charge in [-0.3, -0.25) is 4.79 Å². The third-order valence-electron chi connectivity index (χ3n) is 3.24. The number of carbonyl (C=O) groups excluding carboxylic acids is 1. The number of nitrogens with two attached hydrogens (primary N) is 1. The lowest BCUT2D eigenvalue weighted by Crippen LogP contribution is -2.55. The molecule has 4 N–H and O–H groups in total. The number of halogens is 1. The first-order valence-electron chi connectivity index (χ1n) is 5.97. The molecular weight excluding hydrogens is 328 g/mol. The number of phenols is 1. The second kappa shape index (κ2) is 6.34. The van der Waals surface area contributed by atoms with Gasteiger partial charge in [0, 0.05) is 4.47 Å². The zero-order chi connectivity index (χ0) is 14.6. The van der Waals surface area contributed by atoms with Crippen LogP contribution >= 0.6 is 28.1 Å². The van der Waals surface area contributed by atoms with E-state index in [1.54, 1.807) is 12.1 Å². The fraction of sp³-hybridized carbons (Fsp3) is 0.385. The predicted molar refractivity (Wildman–Crippen MR) is 83.4 cm³/mol. The zero-order valence-corrected chi connectivity index (χ0v) is 13.3. The lowest BCUT2D eigenvalue weighted by Gasteiger charge is -2.31. The van der Waals surface area contributed by atoms with Crippen LogP contribution in [0.15, 0.2) is 22.7 Å².